The van der Waals surface area contributed by atoms with Crippen molar-refractivity contribution in [2.45, 2.75) is 0 Å². The Kier molecular flexibility index (Phi) is 2.15. The molecule has 1 aromatic carbocycles. The molecule has 0 radical (unpaired) electrons. The highest BCUT2D eigenvalue weighted by molar-refractivity contribution is 9.10. The number of anilines is 1. The van der Waals surface area contributed by atoms with Crippen molar-refractivity contribution in [3.8, 4) is 11.5 Å². The van der Waals surface area contributed by atoms with Gasteiger partial charge >= 0.3 is 0 Å². The van der Waals surface area contributed by atoms with Crippen LogP contribution in [0, 0.1) is 0 Å². The summed E-state index contributed by atoms with van der Waals surface area (Å²) in [6.45, 7) is 0. The number of imidazole rings is 1. The van der Waals surface area contributed by atoms with E-state index >= 15 is 0 Å². The second kappa shape index (κ2) is 3.56. The lowest BCUT2D eigenvalue weighted by atomic mass is 10.3. The van der Waals surface area contributed by atoms with E-state index in [2.05, 4.69) is 35.9 Å². The third-order valence-electron chi connectivity index (χ3n) is 2.57. The molecule has 0 spiro atoms. The van der Waals surface area contributed by atoms with Gasteiger partial charge in [0.15, 0.2) is 17.3 Å². The molecule has 2 aromatic heterocycles. The summed E-state index contributed by atoms with van der Waals surface area (Å²) in [6.07, 6.45) is 0. The van der Waals surface area contributed by atoms with Gasteiger partial charge in [0.2, 0.25) is 0 Å². The molecule has 0 bridgehead atoms. The Morgan fingerprint density at radius 2 is 2.18 bits per heavy atom. The standard InChI is InChI=1S/C10H8BrN5O/c1-16-7-3-2-5(11)4-6(7)13-10(16)8-9(12)15-17-14-8/h2-4H,1H3,(H2,12,15). The van der Waals surface area contributed by atoms with Crippen molar-refractivity contribution >= 4 is 32.8 Å². The largest absolute Gasteiger partial charge is 0.379 e. The number of benzene rings is 1. The van der Waals surface area contributed by atoms with Crippen molar-refractivity contribution in [2.75, 3.05) is 5.73 Å². The predicted octanol–water partition coefficient (Wildman–Crippen LogP) is 1.97. The van der Waals surface area contributed by atoms with Crippen LogP contribution in [0.15, 0.2) is 27.3 Å². The maximum absolute atomic E-state index is 5.66. The van der Waals surface area contributed by atoms with Gasteiger partial charge in [-0.25, -0.2) is 9.61 Å². The average Bonchev–Trinajstić information content (AvgIpc) is 2.83. The van der Waals surface area contributed by atoms with Crippen LogP contribution in [0.4, 0.5) is 5.82 Å². The number of nitrogens with two attached hydrogens (primary N) is 1. The van der Waals surface area contributed by atoms with E-state index < -0.39 is 0 Å². The first-order chi connectivity index (χ1) is 8.16. The van der Waals surface area contributed by atoms with Crippen molar-refractivity contribution in [3.05, 3.63) is 22.7 Å². The van der Waals surface area contributed by atoms with Gasteiger partial charge in [0, 0.05) is 11.5 Å². The number of nitrogen functional groups attached to an aromatic ring is 1. The van der Waals surface area contributed by atoms with Gasteiger partial charge in [-0.2, -0.15) is 0 Å². The SMILES string of the molecule is Cn1c(-c2nonc2N)nc2cc(Br)ccc21. The number of fused-ring (bicyclic) bond motifs is 1. The number of halogens is 1. The van der Waals surface area contributed by atoms with Gasteiger partial charge in [-0.3, -0.25) is 0 Å². The van der Waals surface area contributed by atoms with Crippen molar-refractivity contribution in [1.82, 2.24) is 19.9 Å². The number of aromatic nitrogens is 4. The number of hydrogen-bond donors (Lipinski definition) is 1. The molecule has 0 unspecified atom stereocenters. The monoisotopic (exact) mass is 293 g/mol. The summed E-state index contributed by atoms with van der Waals surface area (Å²) in [7, 11) is 1.90. The number of hydrogen-bond acceptors (Lipinski definition) is 5. The summed E-state index contributed by atoms with van der Waals surface area (Å²) in [4.78, 5) is 4.47. The summed E-state index contributed by atoms with van der Waals surface area (Å²) in [5, 5.41) is 7.31. The zero-order valence-corrected chi connectivity index (χ0v) is 10.5. The van der Waals surface area contributed by atoms with Crippen molar-refractivity contribution in [1.29, 1.82) is 0 Å². The Morgan fingerprint density at radius 1 is 1.35 bits per heavy atom. The number of rotatable bonds is 1. The van der Waals surface area contributed by atoms with Gasteiger partial charge in [-0.05, 0) is 28.5 Å². The first kappa shape index (κ1) is 10.3. The zero-order chi connectivity index (χ0) is 12.0. The van der Waals surface area contributed by atoms with E-state index in [1.54, 1.807) is 0 Å². The van der Waals surface area contributed by atoms with Crippen LogP contribution in [-0.2, 0) is 7.05 Å². The molecule has 3 aromatic rings. The maximum atomic E-state index is 5.66. The minimum atomic E-state index is 0.238. The Bertz CT molecular complexity index is 702. The molecule has 2 heterocycles. The lowest BCUT2D eigenvalue weighted by Gasteiger charge is -1.98. The van der Waals surface area contributed by atoms with E-state index in [1.165, 1.54) is 0 Å². The van der Waals surface area contributed by atoms with Gasteiger partial charge in [-0.1, -0.05) is 15.9 Å². The zero-order valence-electron chi connectivity index (χ0n) is 8.88. The van der Waals surface area contributed by atoms with E-state index in [0.29, 0.717) is 11.5 Å². The van der Waals surface area contributed by atoms with Gasteiger partial charge in [-0.15, -0.1) is 0 Å². The molecule has 0 amide bonds. The number of aryl methyl sites for hydroxylation is 1. The van der Waals surface area contributed by atoms with E-state index in [-0.39, 0.29) is 5.82 Å². The normalized spacial score (nSPS) is 11.2. The number of nitrogens with zero attached hydrogens (tertiary/aromatic N) is 4. The van der Waals surface area contributed by atoms with Crippen LogP contribution in [0.3, 0.4) is 0 Å². The van der Waals surface area contributed by atoms with Crippen molar-refractivity contribution in [2.24, 2.45) is 7.05 Å². The molecule has 3 rings (SSSR count). The highest BCUT2D eigenvalue weighted by atomic mass is 79.9. The quantitative estimate of drug-likeness (QED) is 0.742. The second-order valence-corrected chi connectivity index (χ2v) is 4.54. The fourth-order valence-corrected chi connectivity index (χ4v) is 2.08. The molecule has 0 aliphatic carbocycles. The summed E-state index contributed by atoms with van der Waals surface area (Å²) in [5.74, 6) is 0.874. The van der Waals surface area contributed by atoms with Crippen molar-refractivity contribution in [3.63, 3.8) is 0 Å². The Balaban J connectivity index is 2.31. The Morgan fingerprint density at radius 3 is 2.88 bits per heavy atom. The third-order valence-corrected chi connectivity index (χ3v) is 3.06. The molecular weight excluding hydrogens is 286 g/mol. The topological polar surface area (TPSA) is 82.8 Å². The third kappa shape index (κ3) is 1.50. The Hall–Kier alpha value is -1.89. The van der Waals surface area contributed by atoms with E-state index in [9.17, 15) is 0 Å². The molecule has 7 heteroatoms. The summed E-state index contributed by atoms with van der Waals surface area (Å²) < 4.78 is 7.46. The van der Waals surface area contributed by atoms with Crippen LogP contribution in [0.1, 0.15) is 0 Å². The van der Waals surface area contributed by atoms with Crippen molar-refractivity contribution < 1.29 is 4.63 Å². The molecule has 6 nitrogen and oxygen atoms in total. The van der Waals surface area contributed by atoms with Gasteiger partial charge < -0.3 is 10.3 Å². The minimum absolute atomic E-state index is 0.238. The highest BCUT2D eigenvalue weighted by Crippen LogP contribution is 2.26. The van der Waals surface area contributed by atoms with Crippen LogP contribution in [-0.4, -0.2) is 19.9 Å². The molecule has 0 fully saturated rings. The molecule has 0 aliphatic heterocycles. The van der Waals surface area contributed by atoms with Crippen LogP contribution in [0.25, 0.3) is 22.6 Å². The van der Waals surface area contributed by atoms with E-state index in [4.69, 9.17) is 5.73 Å². The lowest BCUT2D eigenvalue weighted by Crippen LogP contribution is -1.96. The summed E-state index contributed by atoms with van der Waals surface area (Å²) in [5.41, 5.74) is 7.97. The molecule has 0 atom stereocenters. The molecular formula is C10H8BrN5O. The van der Waals surface area contributed by atoms with Crippen LogP contribution in [0.2, 0.25) is 0 Å². The lowest BCUT2D eigenvalue weighted by molar-refractivity contribution is 0.310. The maximum Gasteiger partial charge on any atom is 0.199 e. The first-order valence-corrected chi connectivity index (χ1v) is 5.66. The smallest absolute Gasteiger partial charge is 0.199 e. The fraction of sp³-hybridized carbons (Fsp3) is 0.100. The fourth-order valence-electron chi connectivity index (χ4n) is 1.74. The van der Waals surface area contributed by atoms with Crippen LogP contribution >= 0.6 is 15.9 Å². The Labute approximate surface area is 105 Å². The van der Waals surface area contributed by atoms with Crippen LogP contribution in [0.5, 0.6) is 0 Å². The van der Waals surface area contributed by atoms with Crippen LogP contribution < -0.4 is 5.73 Å². The van der Waals surface area contributed by atoms with Gasteiger partial charge in [0.05, 0.1) is 11.0 Å². The summed E-state index contributed by atoms with van der Waals surface area (Å²) >= 11 is 3.41. The molecule has 0 aliphatic rings. The summed E-state index contributed by atoms with van der Waals surface area (Å²) in [6, 6.07) is 5.86. The molecule has 0 saturated carbocycles. The van der Waals surface area contributed by atoms with E-state index in [1.807, 2.05) is 29.8 Å². The average molecular weight is 294 g/mol. The molecule has 2 N–H and O–H groups in total. The van der Waals surface area contributed by atoms with Gasteiger partial charge in [0.1, 0.15) is 0 Å². The molecule has 17 heavy (non-hydrogen) atoms. The second-order valence-electron chi connectivity index (χ2n) is 3.63. The molecule has 86 valence electrons. The highest BCUT2D eigenvalue weighted by Gasteiger charge is 2.16. The molecule has 0 saturated heterocycles. The minimum Gasteiger partial charge on any atom is -0.379 e. The van der Waals surface area contributed by atoms with Gasteiger partial charge in [0.25, 0.3) is 0 Å². The van der Waals surface area contributed by atoms with E-state index in [0.717, 1.165) is 15.5 Å². The predicted molar refractivity (Wildman–Crippen MR) is 66.1 cm³/mol. The first-order valence-electron chi connectivity index (χ1n) is 4.87.